The Balaban J connectivity index is 2.64. The molecular weight excluding hydrogens is 220 g/mol. The van der Waals surface area contributed by atoms with E-state index in [1.807, 2.05) is 27.8 Å². The topological polar surface area (TPSA) is 69.7 Å². The first kappa shape index (κ1) is 14.2. The van der Waals surface area contributed by atoms with Gasteiger partial charge >= 0.3 is 0 Å². The fourth-order valence-electron chi connectivity index (χ4n) is 1.86. The van der Waals surface area contributed by atoms with Crippen LogP contribution in [0, 0.1) is 19.3 Å². The van der Waals surface area contributed by atoms with E-state index in [-0.39, 0.29) is 13.2 Å². The van der Waals surface area contributed by atoms with Crippen LogP contribution in [0.4, 0.5) is 0 Å². The highest BCUT2D eigenvalue weighted by molar-refractivity contribution is 5.20. The fraction of sp³-hybridized carbons (Fsp3) is 0.750. The van der Waals surface area contributed by atoms with E-state index in [0.717, 1.165) is 17.0 Å². The van der Waals surface area contributed by atoms with Crippen molar-refractivity contribution >= 4 is 0 Å². The molecule has 0 saturated heterocycles. The number of aromatic nitrogens is 1. The lowest BCUT2D eigenvalue weighted by Gasteiger charge is -2.30. The molecule has 1 aromatic heterocycles. The fourth-order valence-corrected chi connectivity index (χ4v) is 1.86. The van der Waals surface area contributed by atoms with Gasteiger partial charge < -0.3 is 19.6 Å². The van der Waals surface area contributed by atoms with Crippen LogP contribution in [-0.2, 0) is 6.54 Å². The molecule has 0 radical (unpaired) electrons. The molecule has 98 valence electrons. The molecule has 0 saturated carbocycles. The minimum absolute atomic E-state index is 0.0323. The van der Waals surface area contributed by atoms with Gasteiger partial charge in [0, 0.05) is 24.1 Å². The van der Waals surface area contributed by atoms with Crippen LogP contribution in [-0.4, -0.2) is 47.1 Å². The third-order valence-electron chi connectivity index (χ3n) is 3.02. The van der Waals surface area contributed by atoms with Crippen LogP contribution in [0.15, 0.2) is 4.52 Å². The van der Waals surface area contributed by atoms with Crippen molar-refractivity contribution in [1.82, 2.24) is 10.1 Å². The molecule has 0 spiro atoms. The maximum atomic E-state index is 9.25. The molecule has 0 aromatic carbocycles. The zero-order valence-electron chi connectivity index (χ0n) is 11.0. The van der Waals surface area contributed by atoms with E-state index in [9.17, 15) is 10.2 Å². The number of hydrogen-bond donors (Lipinski definition) is 2. The monoisotopic (exact) mass is 242 g/mol. The second-order valence-corrected chi connectivity index (χ2v) is 5.10. The molecule has 0 bridgehead atoms. The summed E-state index contributed by atoms with van der Waals surface area (Å²) in [5.74, 6) is 0.823. The van der Waals surface area contributed by atoms with Crippen LogP contribution < -0.4 is 0 Å². The van der Waals surface area contributed by atoms with Gasteiger partial charge in [0.15, 0.2) is 0 Å². The Morgan fingerprint density at radius 2 is 1.88 bits per heavy atom. The lowest BCUT2D eigenvalue weighted by Crippen LogP contribution is -2.38. The SMILES string of the molecule is Cc1noc(C)c1CN(C)CC(C)(CO)CO. The van der Waals surface area contributed by atoms with Crippen LogP contribution in [0.1, 0.15) is 23.9 Å². The number of rotatable bonds is 6. The molecule has 1 aromatic rings. The number of nitrogens with zero attached hydrogens (tertiary/aromatic N) is 2. The van der Waals surface area contributed by atoms with Gasteiger partial charge in [-0.1, -0.05) is 12.1 Å². The van der Waals surface area contributed by atoms with E-state index < -0.39 is 5.41 Å². The van der Waals surface area contributed by atoms with E-state index >= 15 is 0 Å². The first-order valence-electron chi connectivity index (χ1n) is 5.74. The van der Waals surface area contributed by atoms with Crippen molar-refractivity contribution in [2.24, 2.45) is 5.41 Å². The maximum absolute atomic E-state index is 9.25. The Morgan fingerprint density at radius 3 is 2.29 bits per heavy atom. The predicted octanol–water partition coefficient (Wildman–Crippen LogP) is 0.714. The van der Waals surface area contributed by atoms with Crippen LogP contribution in [0.2, 0.25) is 0 Å². The zero-order chi connectivity index (χ0) is 13.1. The van der Waals surface area contributed by atoms with Gasteiger partial charge in [0.25, 0.3) is 0 Å². The minimum atomic E-state index is -0.478. The maximum Gasteiger partial charge on any atom is 0.138 e. The van der Waals surface area contributed by atoms with Crippen LogP contribution in [0.3, 0.4) is 0 Å². The molecular formula is C12H22N2O3. The summed E-state index contributed by atoms with van der Waals surface area (Å²) in [5, 5.41) is 22.4. The van der Waals surface area contributed by atoms with Gasteiger partial charge in [0.2, 0.25) is 0 Å². The van der Waals surface area contributed by atoms with Crippen molar-refractivity contribution in [2.45, 2.75) is 27.3 Å². The summed E-state index contributed by atoms with van der Waals surface area (Å²) < 4.78 is 5.10. The molecule has 0 aliphatic rings. The molecule has 1 heterocycles. The Kier molecular flexibility index (Phi) is 4.68. The quantitative estimate of drug-likeness (QED) is 0.769. The van der Waals surface area contributed by atoms with Gasteiger partial charge in [-0.3, -0.25) is 0 Å². The Bertz CT molecular complexity index is 339. The molecule has 2 N–H and O–H groups in total. The highest BCUT2D eigenvalue weighted by Crippen LogP contribution is 2.19. The summed E-state index contributed by atoms with van der Waals surface area (Å²) in [6.07, 6.45) is 0. The van der Waals surface area contributed by atoms with Crippen molar-refractivity contribution in [3.63, 3.8) is 0 Å². The van der Waals surface area contributed by atoms with E-state index in [0.29, 0.717) is 13.1 Å². The summed E-state index contributed by atoms with van der Waals surface area (Å²) >= 11 is 0. The van der Waals surface area contributed by atoms with Crippen molar-refractivity contribution < 1.29 is 14.7 Å². The molecule has 5 nitrogen and oxygen atoms in total. The molecule has 0 fully saturated rings. The summed E-state index contributed by atoms with van der Waals surface area (Å²) in [6.45, 7) is 6.92. The van der Waals surface area contributed by atoms with Gasteiger partial charge in [-0.15, -0.1) is 0 Å². The molecule has 0 amide bonds. The lowest BCUT2D eigenvalue weighted by atomic mass is 9.92. The number of hydrogen-bond acceptors (Lipinski definition) is 5. The molecule has 17 heavy (non-hydrogen) atoms. The Morgan fingerprint density at radius 1 is 1.29 bits per heavy atom. The first-order chi connectivity index (χ1) is 7.91. The van der Waals surface area contributed by atoms with Gasteiger partial charge in [0.1, 0.15) is 5.76 Å². The van der Waals surface area contributed by atoms with E-state index in [2.05, 4.69) is 10.1 Å². The van der Waals surface area contributed by atoms with Crippen molar-refractivity contribution in [3.8, 4) is 0 Å². The van der Waals surface area contributed by atoms with Gasteiger partial charge in [-0.05, 0) is 20.9 Å². The molecule has 0 aliphatic carbocycles. The molecule has 5 heteroatoms. The van der Waals surface area contributed by atoms with Crippen molar-refractivity contribution in [3.05, 3.63) is 17.0 Å². The summed E-state index contributed by atoms with van der Waals surface area (Å²) in [7, 11) is 1.95. The van der Waals surface area contributed by atoms with Crippen LogP contribution in [0.5, 0.6) is 0 Å². The number of aryl methyl sites for hydroxylation is 2. The second-order valence-electron chi connectivity index (χ2n) is 5.10. The first-order valence-corrected chi connectivity index (χ1v) is 5.74. The largest absolute Gasteiger partial charge is 0.396 e. The lowest BCUT2D eigenvalue weighted by molar-refractivity contribution is 0.0401. The highest BCUT2D eigenvalue weighted by atomic mass is 16.5. The molecule has 0 atom stereocenters. The third kappa shape index (κ3) is 3.52. The molecule has 1 rings (SSSR count). The molecule has 0 aliphatic heterocycles. The van der Waals surface area contributed by atoms with E-state index in [1.54, 1.807) is 0 Å². The summed E-state index contributed by atoms with van der Waals surface area (Å²) in [4.78, 5) is 2.05. The van der Waals surface area contributed by atoms with Crippen LogP contribution >= 0.6 is 0 Å². The van der Waals surface area contributed by atoms with Gasteiger partial charge in [-0.2, -0.15) is 0 Å². The number of aliphatic hydroxyl groups is 2. The van der Waals surface area contributed by atoms with E-state index in [4.69, 9.17) is 4.52 Å². The smallest absolute Gasteiger partial charge is 0.138 e. The van der Waals surface area contributed by atoms with Crippen LogP contribution in [0.25, 0.3) is 0 Å². The predicted molar refractivity (Wildman–Crippen MR) is 64.6 cm³/mol. The van der Waals surface area contributed by atoms with Gasteiger partial charge in [-0.25, -0.2) is 0 Å². The van der Waals surface area contributed by atoms with E-state index in [1.165, 1.54) is 0 Å². The third-order valence-corrected chi connectivity index (χ3v) is 3.02. The minimum Gasteiger partial charge on any atom is -0.396 e. The molecule has 0 unspecified atom stereocenters. The summed E-state index contributed by atoms with van der Waals surface area (Å²) in [5.41, 5.74) is 1.49. The normalized spacial score (nSPS) is 12.4. The average Bonchev–Trinajstić information content (AvgIpc) is 2.60. The summed E-state index contributed by atoms with van der Waals surface area (Å²) in [6, 6.07) is 0. The highest BCUT2D eigenvalue weighted by Gasteiger charge is 2.25. The Labute approximate surface area is 102 Å². The van der Waals surface area contributed by atoms with Crippen molar-refractivity contribution in [2.75, 3.05) is 26.8 Å². The standard InChI is InChI=1S/C12H22N2O3/c1-9-11(10(2)17-13-9)5-14(4)6-12(3,7-15)8-16/h15-16H,5-8H2,1-4H3. The average molecular weight is 242 g/mol. The second kappa shape index (κ2) is 5.62. The number of aliphatic hydroxyl groups excluding tert-OH is 2. The van der Waals surface area contributed by atoms with Crippen molar-refractivity contribution in [1.29, 1.82) is 0 Å². The van der Waals surface area contributed by atoms with Gasteiger partial charge in [0.05, 0.1) is 18.9 Å². The Hall–Kier alpha value is -0.910. The zero-order valence-corrected chi connectivity index (χ0v) is 11.0.